The van der Waals surface area contributed by atoms with Gasteiger partial charge in [-0.3, -0.25) is 14.9 Å². The molecule has 0 aliphatic carbocycles. The maximum Gasteiger partial charge on any atom is 0.234 e. The maximum absolute atomic E-state index is 14.3. The highest BCUT2D eigenvalue weighted by atomic mass is 19.1. The Bertz CT molecular complexity index is 678. The number of carbonyl (C=O) groups is 2. The molecule has 1 aromatic rings. The number of rotatable bonds is 2. The summed E-state index contributed by atoms with van der Waals surface area (Å²) in [7, 11) is 0. The van der Waals surface area contributed by atoms with E-state index in [1.54, 1.807) is 0 Å². The van der Waals surface area contributed by atoms with Crippen molar-refractivity contribution in [1.29, 1.82) is 0 Å². The van der Waals surface area contributed by atoms with Crippen molar-refractivity contribution >= 4 is 17.5 Å². The van der Waals surface area contributed by atoms with Gasteiger partial charge in [0.2, 0.25) is 11.8 Å². The number of nitrogens with zero attached hydrogens (tertiary/aromatic N) is 1. The number of benzene rings is 1. The van der Waals surface area contributed by atoms with Crippen molar-refractivity contribution in [2.75, 3.05) is 24.5 Å². The summed E-state index contributed by atoms with van der Waals surface area (Å²) in [5, 5.41) is 5.54. The lowest BCUT2D eigenvalue weighted by molar-refractivity contribution is -0.134. The molecule has 3 aliphatic heterocycles. The Labute approximate surface area is 140 Å². The summed E-state index contributed by atoms with van der Waals surface area (Å²) in [6, 6.07) is 5.87. The Balaban J connectivity index is 1.64. The van der Waals surface area contributed by atoms with E-state index in [2.05, 4.69) is 15.5 Å². The lowest BCUT2D eigenvalue weighted by Gasteiger charge is -2.36. The first-order valence-corrected chi connectivity index (χ1v) is 8.72. The van der Waals surface area contributed by atoms with Crippen LogP contribution in [0.2, 0.25) is 0 Å². The molecule has 3 heterocycles. The van der Waals surface area contributed by atoms with E-state index in [9.17, 15) is 14.0 Å². The molecule has 3 atom stereocenters. The Morgan fingerprint density at radius 3 is 2.83 bits per heavy atom. The monoisotopic (exact) mass is 331 g/mol. The molecule has 0 unspecified atom stereocenters. The number of fused-ring (bicyclic) bond motifs is 1. The van der Waals surface area contributed by atoms with E-state index in [4.69, 9.17) is 0 Å². The molecule has 128 valence electrons. The number of carbonyl (C=O) groups excluding carboxylic acids is 2. The molecule has 0 radical (unpaired) electrons. The van der Waals surface area contributed by atoms with E-state index in [0.717, 1.165) is 42.7 Å². The van der Waals surface area contributed by atoms with Crippen molar-refractivity contribution in [2.24, 2.45) is 0 Å². The zero-order chi connectivity index (χ0) is 16.7. The van der Waals surface area contributed by atoms with Gasteiger partial charge in [-0.05, 0) is 43.0 Å². The average molecular weight is 331 g/mol. The summed E-state index contributed by atoms with van der Waals surface area (Å²) < 4.78 is 14.3. The second kappa shape index (κ2) is 6.16. The van der Waals surface area contributed by atoms with Gasteiger partial charge in [-0.2, -0.15) is 0 Å². The van der Waals surface area contributed by atoms with Crippen LogP contribution in [-0.2, 0) is 16.0 Å². The molecule has 2 amide bonds. The number of amides is 2. The minimum absolute atomic E-state index is 0.0930. The van der Waals surface area contributed by atoms with Crippen molar-refractivity contribution in [2.45, 2.75) is 43.8 Å². The third-order valence-corrected chi connectivity index (χ3v) is 5.49. The highest BCUT2D eigenvalue weighted by Crippen LogP contribution is 2.39. The fourth-order valence-corrected chi connectivity index (χ4v) is 4.31. The second-order valence-corrected chi connectivity index (χ2v) is 6.87. The highest BCUT2D eigenvalue weighted by Gasteiger charge is 2.37. The Hall–Kier alpha value is -1.95. The first-order valence-electron chi connectivity index (χ1n) is 8.72. The van der Waals surface area contributed by atoms with Crippen LogP contribution in [0.3, 0.4) is 0 Å². The Kier molecular flexibility index (Phi) is 4.00. The Morgan fingerprint density at radius 2 is 2.04 bits per heavy atom. The number of nitrogens with one attached hydrogen (secondary N) is 2. The SMILES string of the molecule is O=C1CC[C@H](c2cccc3c2CCN3[C@@H]2CCNC[C@@H]2F)C(=O)N1. The van der Waals surface area contributed by atoms with Gasteiger partial charge in [0.15, 0.2) is 0 Å². The van der Waals surface area contributed by atoms with Crippen LogP contribution in [0.25, 0.3) is 0 Å². The lowest BCUT2D eigenvalue weighted by atomic mass is 9.86. The number of halogens is 1. The van der Waals surface area contributed by atoms with Crippen LogP contribution in [0.4, 0.5) is 10.1 Å². The van der Waals surface area contributed by atoms with E-state index in [1.807, 2.05) is 18.2 Å². The topological polar surface area (TPSA) is 61.4 Å². The first kappa shape index (κ1) is 15.6. The molecule has 2 N–H and O–H groups in total. The largest absolute Gasteiger partial charge is 0.365 e. The number of piperidine rings is 2. The maximum atomic E-state index is 14.3. The minimum atomic E-state index is -0.871. The summed E-state index contributed by atoms with van der Waals surface area (Å²) in [5.74, 6) is -0.671. The lowest BCUT2D eigenvalue weighted by Crippen LogP contribution is -2.50. The standard InChI is InChI=1S/C18H22FN3O2/c19-14-10-20-8-6-16(14)22-9-7-12-11(2-1-3-15(12)22)13-4-5-17(23)21-18(13)24/h1-3,13-14,16,20H,4-10H2,(H,21,23,24)/t13-,14+,16-/m1/s1. The fraction of sp³-hybridized carbons (Fsp3) is 0.556. The molecule has 2 fully saturated rings. The number of anilines is 1. The fourth-order valence-electron chi connectivity index (χ4n) is 4.31. The molecule has 5 nitrogen and oxygen atoms in total. The molecule has 4 rings (SSSR count). The molecular formula is C18H22FN3O2. The predicted molar refractivity (Wildman–Crippen MR) is 88.8 cm³/mol. The van der Waals surface area contributed by atoms with Gasteiger partial charge in [-0.15, -0.1) is 0 Å². The van der Waals surface area contributed by atoms with Crippen LogP contribution >= 0.6 is 0 Å². The molecule has 2 saturated heterocycles. The van der Waals surface area contributed by atoms with E-state index >= 15 is 0 Å². The van der Waals surface area contributed by atoms with Gasteiger partial charge >= 0.3 is 0 Å². The molecule has 1 aromatic carbocycles. The summed E-state index contributed by atoms with van der Waals surface area (Å²) in [6.07, 6.45) is 1.69. The molecule has 24 heavy (non-hydrogen) atoms. The number of hydrogen-bond donors (Lipinski definition) is 2. The third kappa shape index (κ3) is 2.59. The zero-order valence-electron chi connectivity index (χ0n) is 13.6. The molecule has 3 aliphatic rings. The normalized spacial score (nSPS) is 30.2. The van der Waals surface area contributed by atoms with Gasteiger partial charge in [0.1, 0.15) is 6.17 Å². The van der Waals surface area contributed by atoms with Gasteiger partial charge in [-0.1, -0.05) is 12.1 Å². The van der Waals surface area contributed by atoms with Crippen molar-refractivity contribution in [3.05, 3.63) is 29.3 Å². The quantitative estimate of drug-likeness (QED) is 0.801. The van der Waals surface area contributed by atoms with Crippen LogP contribution in [0, 0.1) is 0 Å². The van der Waals surface area contributed by atoms with E-state index in [-0.39, 0.29) is 23.8 Å². The van der Waals surface area contributed by atoms with E-state index in [0.29, 0.717) is 19.4 Å². The molecule has 0 saturated carbocycles. The van der Waals surface area contributed by atoms with E-state index in [1.165, 1.54) is 0 Å². The molecule has 0 bridgehead atoms. The number of imide groups is 1. The summed E-state index contributed by atoms with van der Waals surface area (Å²) >= 11 is 0. The van der Waals surface area contributed by atoms with Gasteiger partial charge in [0.25, 0.3) is 0 Å². The van der Waals surface area contributed by atoms with Crippen molar-refractivity contribution in [3.63, 3.8) is 0 Å². The average Bonchev–Trinajstić information content (AvgIpc) is 2.99. The van der Waals surface area contributed by atoms with E-state index < -0.39 is 6.17 Å². The molecular weight excluding hydrogens is 309 g/mol. The van der Waals surface area contributed by atoms with Crippen molar-refractivity contribution in [3.8, 4) is 0 Å². The predicted octanol–water partition coefficient (Wildman–Crippen LogP) is 1.27. The van der Waals surface area contributed by atoms with Crippen LogP contribution in [0.1, 0.15) is 36.3 Å². The van der Waals surface area contributed by atoms with Gasteiger partial charge in [-0.25, -0.2) is 4.39 Å². The third-order valence-electron chi connectivity index (χ3n) is 5.49. The highest BCUT2D eigenvalue weighted by molar-refractivity contribution is 6.01. The van der Waals surface area contributed by atoms with Crippen LogP contribution in [0.15, 0.2) is 18.2 Å². The van der Waals surface area contributed by atoms with Crippen molar-refractivity contribution < 1.29 is 14.0 Å². The zero-order valence-corrected chi connectivity index (χ0v) is 13.6. The number of hydrogen-bond acceptors (Lipinski definition) is 4. The van der Waals surface area contributed by atoms with Crippen LogP contribution < -0.4 is 15.5 Å². The molecule has 6 heteroatoms. The molecule has 0 aromatic heterocycles. The van der Waals surface area contributed by atoms with Gasteiger partial charge in [0.05, 0.1) is 12.0 Å². The van der Waals surface area contributed by atoms with Crippen LogP contribution in [-0.4, -0.2) is 43.7 Å². The van der Waals surface area contributed by atoms with Gasteiger partial charge < -0.3 is 10.2 Å². The van der Waals surface area contributed by atoms with Crippen LogP contribution in [0.5, 0.6) is 0 Å². The smallest absolute Gasteiger partial charge is 0.234 e. The first-order chi connectivity index (χ1) is 11.6. The summed E-state index contributed by atoms with van der Waals surface area (Å²) in [5.41, 5.74) is 3.22. The molecule has 0 spiro atoms. The number of alkyl halides is 1. The second-order valence-electron chi connectivity index (χ2n) is 6.87. The summed E-state index contributed by atoms with van der Waals surface area (Å²) in [6.45, 7) is 2.04. The summed E-state index contributed by atoms with van der Waals surface area (Å²) in [4.78, 5) is 25.8. The van der Waals surface area contributed by atoms with Crippen molar-refractivity contribution in [1.82, 2.24) is 10.6 Å². The van der Waals surface area contributed by atoms with Gasteiger partial charge in [0, 0.05) is 25.2 Å². The Morgan fingerprint density at radius 1 is 1.17 bits per heavy atom. The minimum Gasteiger partial charge on any atom is -0.365 e.